The Bertz CT molecular complexity index is 199. The lowest BCUT2D eigenvalue weighted by Crippen LogP contribution is -2.28. The Balaban J connectivity index is 1.95. The van der Waals surface area contributed by atoms with Gasteiger partial charge in [-0.1, -0.05) is 31.9 Å². The zero-order chi connectivity index (χ0) is 10.1. The van der Waals surface area contributed by atoms with Crippen molar-refractivity contribution in [2.45, 2.75) is 25.7 Å². The van der Waals surface area contributed by atoms with Gasteiger partial charge in [-0.15, -0.1) is 0 Å². The molecule has 80 valence electrons. The molecule has 2 aliphatic rings. The van der Waals surface area contributed by atoms with E-state index in [0.29, 0.717) is 29.5 Å². The highest BCUT2D eigenvalue weighted by molar-refractivity contribution is 9.09. The molecule has 0 bridgehead atoms. The lowest BCUT2D eigenvalue weighted by Gasteiger charge is -2.18. The molecule has 2 rings (SSSR count). The summed E-state index contributed by atoms with van der Waals surface area (Å²) in [6.45, 7) is 0. The quantitative estimate of drug-likeness (QED) is 0.685. The second kappa shape index (κ2) is 4.65. The number of halogens is 2. The third-order valence-electron chi connectivity index (χ3n) is 3.45. The molecule has 0 spiro atoms. The molecule has 2 saturated carbocycles. The zero-order valence-electron chi connectivity index (χ0n) is 8.22. The van der Waals surface area contributed by atoms with Crippen molar-refractivity contribution in [3.8, 4) is 0 Å². The average Bonchev–Trinajstić information content (AvgIpc) is 3.01. The molecule has 2 atom stereocenters. The van der Waals surface area contributed by atoms with E-state index in [0.717, 1.165) is 10.7 Å². The molecule has 3 heteroatoms. The van der Waals surface area contributed by atoms with Crippen LogP contribution in [-0.4, -0.2) is 16.4 Å². The predicted octanol–water partition coefficient (Wildman–Crippen LogP) is 3.40. The molecule has 2 aliphatic carbocycles. The fourth-order valence-electron chi connectivity index (χ4n) is 2.14. The number of rotatable bonds is 6. The minimum atomic E-state index is 0.304. The first-order valence-electron chi connectivity index (χ1n) is 5.43. The summed E-state index contributed by atoms with van der Waals surface area (Å²) in [5.74, 6) is 2.52. The maximum Gasteiger partial charge on any atom is 0.141 e. The number of ketones is 1. The second-order valence-corrected chi connectivity index (χ2v) is 5.89. The Morgan fingerprint density at radius 1 is 1.00 bits per heavy atom. The zero-order valence-corrected chi connectivity index (χ0v) is 11.4. The Hall–Kier alpha value is 0.630. The van der Waals surface area contributed by atoms with E-state index in [1.165, 1.54) is 25.7 Å². The van der Waals surface area contributed by atoms with E-state index in [9.17, 15) is 4.79 Å². The SMILES string of the molecule is O=C(C(CBr)C1CC1)C(CBr)C1CC1. The van der Waals surface area contributed by atoms with E-state index in [1.807, 2.05) is 0 Å². The topological polar surface area (TPSA) is 17.1 Å². The highest BCUT2D eigenvalue weighted by atomic mass is 79.9. The molecule has 1 nitrogen and oxygen atoms in total. The molecule has 0 aromatic carbocycles. The van der Waals surface area contributed by atoms with E-state index in [-0.39, 0.29) is 0 Å². The molecule has 0 heterocycles. The largest absolute Gasteiger partial charge is 0.299 e. The lowest BCUT2D eigenvalue weighted by molar-refractivity contribution is -0.126. The molecule has 0 aromatic rings. The number of carbonyl (C=O) groups excluding carboxylic acids is 1. The molecule has 0 aromatic heterocycles. The highest BCUT2D eigenvalue weighted by Crippen LogP contribution is 2.44. The summed E-state index contributed by atoms with van der Waals surface area (Å²) in [4.78, 5) is 12.2. The monoisotopic (exact) mass is 322 g/mol. The van der Waals surface area contributed by atoms with Crippen LogP contribution in [0.25, 0.3) is 0 Å². The summed E-state index contributed by atoms with van der Waals surface area (Å²) >= 11 is 6.98. The van der Waals surface area contributed by atoms with Crippen molar-refractivity contribution in [1.29, 1.82) is 0 Å². The van der Waals surface area contributed by atoms with Crippen LogP contribution in [0.1, 0.15) is 25.7 Å². The Labute approximate surface area is 102 Å². The first kappa shape index (κ1) is 11.1. The second-order valence-electron chi connectivity index (χ2n) is 4.60. The number of carbonyl (C=O) groups is 1. The third-order valence-corrected chi connectivity index (χ3v) is 4.84. The Morgan fingerprint density at radius 2 is 1.36 bits per heavy atom. The summed E-state index contributed by atoms with van der Waals surface area (Å²) in [6.07, 6.45) is 5.06. The summed E-state index contributed by atoms with van der Waals surface area (Å²) in [5, 5.41) is 1.74. The van der Waals surface area contributed by atoms with Gasteiger partial charge in [0.05, 0.1) is 0 Å². The molecule has 0 radical (unpaired) electrons. The first-order chi connectivity index (χ1) is 6.77. The minimum absolute atomic E-state index is 0.304. The molecular weight excluding hydrogens is 308 g/mol. The van der Waals surface area contributed by atoms with Crippen LogP contribution < -0.4 is 0 Å². The van der Waals surface area contributed by atoms with Crippen LogP contribution in [0, 0.1) is 23.7 Å². The van der Waals surface area contributed by atoms with Gasteiger partial charge in [0, 0.05) is 22.5 Å². The van der Waals surface area contributed by atoms with Gasteiger partial charge >= 0.3 is 0 Å². The van der Waals surface area contributed by atoms with Gasteiger partial charge < -0.3 is 0 Å². The summed E-state index contributed by atoms with van der Waals surface area (Å²) in [7, 11) is 0. The lowest BCUT2D eigenvalue weighted by atomic mass is 9.89. The average molecular weight is 324 g/mol. The van der Waals surface area contributed by atoms with Crippen LogP contribution >= 0.6 is 31.9 Å². The van der Waals surface area contributed by atoms with Crippen LogP contribution in [0.2, 0.25) is 0 Å². The van der Waals surface area contributed by atoms with Gasteiger partial charge in [0.2, 0.25) is 0 Å². The fourth-order valence-corrected chi connectivity index (χ4v) is 3.84. The maximum absolute atomic E-state index is 12.2. The number of Topliss-reactive ketones (excluding diaryl/α,β-unsaturated/α-hetero) is 1. The van der Waals surface area contributed by atoms with Gasteiger partial charge in [0.15, 0.2) is 0 Å². The molecule has 0 aliphatic heterocycles. The molecule has 14 heavy (non-hydrogen) atoms. The molecular formula is C11H16Br2O. The Kier molecular flexibility index (Phi) is 3.69. The number of hydrogen-bond donors (Lipinski definition) is 0. The van der Waals surface area contributed by atoms with E-state index in [2.05, 4.69) is 31.9 Å². The van der Waals surface area contributed by atoms with Crippen LogP contribution in [0.5, 0.6) is 0 Å². The van der Waals surface area contributed by atoms with Gasteiger partial charge in [0.25, 0.3) is 0 Å². The van der Waals surface area contributed by atoms with Gasteiger partial charge in [-0.2, -0.15) is 0 Å². The van der Waals surface area contributed by atoms with Gasteiger partial charge in [0.1, 0.15) is 5.78 Å². The molecule has 0 amide bonds. The summed E-state index contributed by atoms with van der Waals surface area (Å²) in [5.41, 5.74) is 0. The van der Waals surface area contributed by atoms with E-state index in [4.69, 9.17) is 0 Å². The van der Waals surface area contributed by atoms with Gasteiger partial charge in [-0.05, 0) is 37.5 Å². The van der Waals surface area contributed by atoms with Crippen molar-refractivity contribution in [2.24, 2.45) is 23.7 Å². The van der Waals surface area contributed by atoms with Gasteiger partial charge in [-0.3, -0.25) is 4.79 Å². The summed E-state index contributed by atoms with van der Waals surface area (Å²) < 4.78 is 0. The van der Waals surface area contributed by atoms with Crippen LogP contribution in [-0.2, 0) is 4.79 Å². The third kappa shape index (κ3) is 2.41. The van der Waals surface area contributed by atoms with E-state index in [1.54, 1.807) is 0 Å². The van der Waals surface area contributed by atoms with E-state index >= 15 is 0 Å². The van der Waals surface area contributed by atoms with Crippen LogP contribution in [0.15, 0.2) is 0 Å². The Morgan fingerprint density at radius 3 is 1.57 bits per heavy atom. The highest BCUT2D eigenvalue weighted by Gasteiger charge is 2.42. The van der Waals surface area contributed by atoms with Gasteiger partial charge in [-0.25, -0.2) is 0 Å². The minimum Gasteiger partial charge on any atom is -0.299 e. The molecule has 0 saturated heterocycles. The predicted molar refractivity (Wildman–Crippen MR) is 65.0 cm³/mol. The van der Waals surface area contributed by atoms with Crippen molar-refractivity contribution in [3.63, 3.8) is 0 Å². The van der Waals surface area contributed by atoms with Crippen molar-refractivity contribution in [1.82, 2.24) is 0 Å². The fraction of sp³-hybridized carbons (Fsp3) is 0.909. The molecule has 2 fully saturated rings. The van der Waals surface area contributed by atoms with E-state index < -0.39 is 0 Å². The normalized spacial score (nSPS) is 25.9. The number of alkyl halides is 2. The van der Waals surface area contributed by atoms with Crippen molar-refractivity contribution < 1.29 is 4.79 Å². The van der Waals surface area contributed by atoms with Crippen LogP contribution in [0.3, 0.4) is 0 Å². The summed E-state index contributed by atoms with van der Waals surface area (Å²) in [6, 6.07) is 0. The smallest absolute Gasteiger partial charge is 0.141 e. The van der Waals surface area contributed by atoms with Crippen molar-refractivity contribution in [2.75, 3.05) is 10.7 Å². The van der Waals surface area contributed by atoms with Crippen molar-refractivity contribution >= 4 is 37.6 Å². The first-order valence-corrected chi connectivity index (χ1v) is 7.68. The number of hydrogen-bond acceptors (Lipinski definition) is 1. The molecule has 2 unspecified atom stereocenters. The standard InChI is InChI=1S/C11H16Br2O/c12-5-9(7-1-2-7)11(14)10(6-13)8-3-4-8/h7-10H,1-6H2. The van der Waals surface area contributed by atoms with Crippen molar-refractivity contribution in [3.05, 3.63) is 0 Å². The maximum atomic E-state index is 12.2. The van der Waals surface area contributed by atoms with Crippen LogP contribution in [0.4, 0.5) is 0 Å². The molecule has 0 N–H and O–H groups in total.